The van der Waals surface area contributed by atoms with Crippen molar-refractivity contribution in [1.82, 2.24) is 14.0 Å². The van der Waals surface area contributed by atoms with Crippen LogP contribution in [0.5, 0.6) is 0 Å². The van der Waals surface area contributed by atoms with Gasteiger partial charge in [0.1, 0.15) is 5.82 Å². The van der Waals surface area contributed by atoms with Crippen molar-refractivity contribution in [1.29, 1.82) is 0 Å². The van der Waals surface area contributed by atoms with Gasteiger partial charge in [-0.1, -0.05) is 13.8 Å². The predicted molar refractivity (Wildman–Crippen MR) is 77.3 cm³/mol. The van der Waals surface area contributed by atoms with Gasteiger partial charge >= 0.3 is 5.69 Å². The molecule has 1 rings (SSSR count). The van der Waals surface area contributed by atoms with E-state index in [0.29, 0.717) is 18.9 Å². The summed E-state index contributed by atoms with van der Waals surface area (Å²) in [4.78, 5) is 30.2. The molecule has 0 saturated carbocycles. The van der Waals surface area contributed by atoms with Gasteiger partial charge in [0.25, 0.3) is 5.56 Å². The summed E-state index contributed by atoms with van der Waals surface area (Å²) in [5.74, 6) is 0.637. The van der Waals surface area contributed by atoms with Crippen LogP contribution in [0.25, 0.3) is 0 Å². The summed E-state index contributed by atoms with van der Waals surface area (Å²) < 4.78 is 2.77. The SMILES string of the molecule is CCn1c(N=CN(C)C)cc(=O)n(CC(C)C)c1=O. The van der Waals surface area contributed by atoms with Crippen molar-refractivity contribution in [3.63, 3.8) is 0 Å². The minimum atomic E-state index is -0.297. The summed E-state index contributed by atoms with van der Waals surface area (Å²) in [6, 6.07) is 1.41. The largest absolute Gasteiger partial charge is 0.369 e. The van der Waals surface area contributed by atoms with Crippen LogP contribution < -0.4 is 11.2 Å². The second-order valence-corrected chi connectivity index (χ2v) is 5.08. The first-order valence-corrected chi connectivity index (χ1v) is 6.42. The molecule has 0 unspecified atom stereocenters. The van der Waals surface area contributed by atoms with E-state index in [2.05, 4.69) is 4.99 Å². The lowest BCUT2D eigenvalue weighted by atomic mass is 10.2. The highest BCUT2D eigenvalue weighted by atomic mass is 16.2. The number of nitrogens with zero attached hydrogens (tertiary/aromatic N) is 4. The third-order valence-corrected chi connectivity index (χ3v) is 2.54. The first-order chi connectivity index (χ1) is 8.86. The van der Waals surface area contributed by atoms with Crippen molar-refractivity contribution >= 4 is 12.2 Å². The molecule has 0 atom stereocenters. The molecule has 6 nitrogen and oxygen atoms in total. The molecule has 0 radical (unpaired) electrons. The summed E-state index contributed by atoms with van der Waals surface area (Å²) in [5, 5.41) is 0. The van der Waals surface area contributed by atoms with E-state index in [1.54, 1.807) is 11.2 Å². The Morgan fingerprint density at radius 3 is 2.42 bits per heavy atom. The van der Waals surface area contributed by atoms with Gasteiger partial charge in [-0.2, -0.15) is 0 Å². The lowest BCUT2D eigenvalue weighted by Crippen LogP contribution is -2.40. The molecule has 0 bridgehead atoms. The lowest BCUT2D eigenvalue weighted by molar-refractivity contribution is 0.473. The summed E-state index contributed by atoms with van der Waals surface area (Å²) in [7, 11) is 3.66. The van der Waals surface area contributed by atoms with Gasteiger partial charge in [-0.05, 0) is 12.8 Å². The number of aliphatic imine (C=N–C) groups is 1. The molecule has 0 aliphatic rings. The first kappa shape index (κ1) is 15.2. The smallest absolute Gasteiger partial charge is 0.332 e. The van der Waals surface area contributed by atoms with Crippen molar-refractivity contribution in [2.24, 2.45) is 10.9 Å². The maximum atomic E-state index is 12.3. The van der Waals surface area contributed by atoms with E-state index in [9.17, 15) is 9.59 Å². The fourth-order valence-electron chi connectivity index (χ4n) is 1.72. The van der Waals surface area contributed by atoms with Gasteiger partial charge in [0.2, 0.25) is 0 Å². The standard InChI is InChI=1S/C13H22N4O2/c1-6-16-11(14-9-15(4)5)7-12(18)17(13(16)19)8-10(2)3/h7,9-10H,6,8H2,1-5H3. The Morgan fingerprint density at radius 1 is 1.32 bits per heavy atom. The van der Waals surface area contributed by atoms with Crippen LogP contribution in [0.15, 0.2) is 20.6 Å². The maximum Gasteiger partial charge on any atom is 0.332 e. The summed E-state index contributed by atoms with van der Waals surface area (Å²) in [6.45, 7) is 6.72. The molecular formula is C13H22N4O2. The van der Waals surface area contributed by atoms with Gasteiger partial charge in [-0.15, -0.1) is 0 Å². The van der Waals surface area contributed by atoms with Crippen LogP contribution in [0.1, 0.15) is 20.8 Å². The summed E-state index contributed by atoms with van der Waals surface area (Å²) >= 11 is 0. The minimum absolute atomic E-state index is 0.242. The first-order valence-electron chi connectivity index (χ1n) is 6.42. The van der Waals surface area contributed by atoms with Crippen molar-refractivity contribution in [2.45, 2.75) is 33.9 Å². The minimum Gasteiger partial charge on any atom is -0.369 e. The molecule has 1 aromatic heterocycles. The Bertz CT molecular complexity index is 567. The highest BCUT2D eigenvalue weighted by Gasteiger charge is 2.10. The third-order valence-electron chi connectivity index (χ3n) is 2.54. The number of hydrogen-bond acceptors (Lipinski definition) is 3. The van der Waals surface area contributed by atoms with E-state index in [0.717, 1.165) is 0 Å². The molecule has 106 valence electrons. The molecule has 6 heteroatoms. The maximum absolute atomic E-state index is 12.3. The van der Waals surface area contributed by atoms with Crippen LogP contribution in [0.2, 0.25) is 0 Å². The molecule has 1 aromatic rings. The van der Waals surface area contributed by atoms with Gasteiger partial charge in [0.05, 0.1) is 6.34 Å². The molecule has 0 fully saturated rings. The molecule has 0 saturated heterocycles. The monoisotopic (exact) mass is 266 g/mol. The van der Waals surface area contributed by atoms with Gasteiger partial charge in [0.15, 0.2) is 0 Å². The third kappa shape index (κ3) is 3.81. The van der Waals surface area contributed by atoms with Crippen LogP contribution in [0.4, 0.5) is 5.82 Å². The quantitative estimate of drug-likeness (QED) is 0.588. The summed E-state index contributed by atoms with van der Waals surface area (Å²) in [5.41, 5.74) is -0.594. The van der Waals surface area contributed by atoms with E-state index < -0.39 is 0 Å². The average Bonchev–Trinajstić information content (AvgIpc) is 2.31. The topological polar surface area (TPSA) is 59.6 Å². The van der Waals surface area contributed by atoms with E-state index in [1.165, 1.54) is 15.2 Å². The Labute approximate surface area is 113 Å². The van der Waals surface area contributed by atoms with Gasteiger partial charge < -0.3 is 4.90 Å². The fraction of sp³-hybridized carbons (Fsp3) is 0.615. The van der Waals surface area contributed by atoms with Crippen molar-refractivity contribution in [3.8, 4) is 0 Å². The van der Waals surface area contributed by atoms with Crippen LogP contribution in [0, 0.1) is 5.92 Å². The number of hydrogen-bond donors (Lipinski definition) is 0. The molecule has 0 amide bonds. The van der Waals surface area contributed by atoms with E-state index in [-0.39, 0.29) is 17.2 Å². The fourth-order valence-corrected chi connectivity index (χ4v) is 1.72. The Balaban J connectivity index is 3.38. The number of rotatable bonds is 5. The molecule has 0 aliphatic carbocycles. The zero-order chi connectivity index (χ0) is 14.6. The predicted octanol–water partition coefficient (Wildman–Crippen LogP) is 0.907. The van der Waals surface area contributed by atoms with Crippen molar-refractivity contribution < 1.29 is 0 Å². The molecular weight excluding hydrogens is 244 g/mol. The average molecular weight is 266 g/mol. The highest BCUT2D eigenvalue weighted by molar-refractivity contribution is 5.58. The Hall–Kier alpha value is -1.85. The zero-order valence-electron chi connectivity index (χ0n) is 12.3. The van der Waals surface area contributed by atoms with Gasteiger partial charge in [-0.25, -0.2) is 9.79 Å². The van der Waals surface area contributed by atoms with Gasteiger partial charge in [0, 0.05) is 33.3 Å². The van der Waals surface area contributed by atoms with Crippen molar-refractivity contribution in [3.05, 3.63) is 26.9 Å². The molecule has 1 heterocycles. The van der Waals surface area contributed by atoms with Crippen molar-refractivity contribution in [2.75, 3.05) is 14.1 Å². The highest BCUT2D eigenvalue weighted by Crippen LogP contribution is 2.06. The van der Waals surface area contributed by atoms with Crippen LogP contribution in [0.3, 0.4) is 0 Å². The molecule has 19 heavy (non-hydrogen) atoms. The van der Waals surface area contributed by atoms with Crippen LogP contribution in [-0.2, 0) is 13.1 Å². The van der Waals surface area contributed by atoms with E-state index in [1.807, 2.05) is 34.9 Å². The molecule has 0 spiro atoms. The van der Waals surface area contributed by atoms with Crippen LogP contribution >= 0.6 is 0 Å². The van der Waals surface area contributed by atoms with Gasteiger partial charge in [-0.3, -0.25) is 13.9 Å². The molecule has 0 N–H and O–H groups in total. The second kappa shape index (κ2) is 6.36. The molecule has 0 aromatic carbocycles. The van der Waals surface area contributed by atoms with Crippen LogP contribution in [-0.4, -0.2) is 34.5 Å². The normalized spacial score (nSPS) is 11.5. The van der Waals surface area contributed by atoms with E-state index in [4.69, 9.17) is 0 Å². The Morgan fingerprint density at radius 2 is 1.95 bits per heavy atom. The zero-order valence-corrected chi connectivity index (χ0v) is 12.3. The van der Waals surface area contributed by atoms with E-state index >= 15 is 0 Å². The number of aromatic nitrogens is 2. The second-order valence-electron chi connectivity index (χ2n) is 5.08. The summed E-state index contributed by atoms with van der Waals surface area (Å²) in [6.07, 6.45) is 1.58. The lowest BCUT2D eigenvalue weighted by Gasteiger charge is -2.13. The Kier molecular flexibility index (Phi) is 5.09. The molecule has 0 aliphatic heterocycles.